The fraction of sp³-hybridized carbons (Fsp3) is 0.278. The number of amides is 2. The predicted octanol–water partition coefficient (Wildman–Crippen LogP) is 6.60. The predicted molar refractivity (Wildman–Crippen MR) is 185 cm³/mol. The Labute approximate surface area is 280 Å². The molecule has 0 aromatic heterocycles. The van der Waals surface area contributed by atoms with Gasteiger partial charge in [-0.15, -0.1) is 0 Å². The Morgan fingerprint density at radius 1 is 0.848 bits per heavy atom. The summed E-state index contributed by atoms with van der Waals surface area (Å²) in [4.78, 5) is 30.1. The van der Waals surface area contributed by atoms with Gasteiger partial charge in [-0.2, -0.15) is 0 Å². The number of nitrogens with one attached hydrogen (secondary N) is 1. The number of carbonyl (C=O) groups excluding carboxylic acids is 2. The topological polar surface area (TPSA) is 96.0 Å². The van der Waals surface area contributed by atoms with Crippen LogP contribution in [0, 0.1) is 0 Å². The summed E-state index contributed by atoms with van der Waals surface area (Å²) in [6.45, 7) is 5.52. The fourth-order valence-electron chi connectivity index (χ4n) is 5.00. The van der Waals surface area contributed by atoms with Crippen molar-refractivity contribution in [2.24, 2.45) is 0 Å². The lowest BCUT2D eigenvalue weighted by Crippen LogP contribution is -2.54. The maximum atomic E-state index is 14.6. The molecular formula is C36H40BrN3O5S. The molecule has 0 fully saturated rings. The van der Waals surface area contributed by atoms with Crippen LogP contribution >= 0.6 is 15.9 Å². The van der Waals surface area contributed by atoms with Crippen LogP contribution in [0.4, 0.5) is 5.69 Å². The molecule has 4 rings (SSSR count). The van der Waals surface area contributed by atoms with E-state index in [2.05, 4.69) is 21.2 Å². The number of ether oxygens (including phenoxy) is 1. The number of hydrogen-bond donors (Lipinski definition) is 1. The van der Waals surface area contributed by atoms with Gasteiger partial charge in [0, 0.05) is 23.5 Å². The van der Waals surface area contributed by atoms with E-state index in [1.54, 1.807) is 42.5 Å². The average molecular weight is 707 g/mol. The van der Waals surface area contributed by atoms with E-state index in [0.29, 0.717) is 18.8 Å². The quantitative estimate of drug-likeness (QED) is 0.150. The minimum absolute atomic E-state index is 0.0305. The van der Waals surface area contributed by atoms with Crippen LogP contribution in [-0.4, -0.2) is 50.4 Å². The van der Waals surface area contributed by atoms with Gasteiger partial charge in [-0.25, -0.2) is 8.42 Å². The molecule has 2 amide bonds. The van der Waals surface area contributed by atoms with E-state index < -0.39 is 28.5 Å². The minimum Gasteiger partial charge on any atom is -0.492 e. The first-order valence-electron chi connectivity index (χ1n) is 15.3. The van der Waals surface area contributed by atoms with Gasteiger partial charge in [0.15, 0.2) is 0 Å². The van der Waals surface area contributed by atoms with Crippen LogP contribution in [0.3, 0.4) is 0 Å². The Kier molecular flexibility index (Phi) is 12.4. The molecule has 1 N–H and O–H groups in total. The van der Waals surface area contributed by atoms with Crippen molar-refractivity contribution in [3.8, 4) is 5.75 Å². The van der Waals surface area contributed by atoms with E-state index in [1.807, 2.05) is 75.4 Å². The number of halogens is 1. The molecular weight excluding hydrogens is 666 g/mol. The number of anilines is 1. The molecule has 0 aliphatic carbocycles. The van der Waals surface area contributed by atoms with Crippen molar-refractivity contribution in [2.45, 2.75) is 57.1 Å². The first-order chi connectivity index (χ1) is 22.1. The lowest BCUT2D eigenvalue weighted by atomic mass is 10.0. The molecule has 4 aromatic rings. The van der Waals surface area contributed by atoms with E-state index in [-0.39, 0.29) is 35.5 Å². The zero-order valence-corrected chi connectivity index (χ0v) is 28.7. The molecule has 0 bridgehead atoms. The number of nitrogens with zero attached hydrogens (tertiary/aromatic N) is 2. The second kappa shape index (κ2) is 16.4. The van der Waals surface area contributed by atoms with Gasteiger partial charge in [0.2, 0.25) is 11.8 Å². The van der Waals surface area contributed by atoms with Crippen molar-refractivity contribution in [1.82, 2.24) is 10.2 Å². The Hall–Kier alpha value is -4.15. The van der Waals surface area contributed by atoms with Crippen molar-refractivity contribution in [3.05, 3.63) is 125 Å². The lowest BCUT2D eigenvalue weighted by molar-refractivity contribution is -0.140. The zero-order valence-electron chi connectivity index (χ0n) is 26.3. The normalized spacial score (nSPS) is 12.5. The summed E-state index contributed by atoms with van der Waals surface area (Å²) in [6.07, 6.45) is 0.949. The number of hydrogen-bond acceptors (Lipinski definition) is 5. The molecule has 4 aromatic carbocycles. The summed E-state index contributed by atoms with van der Waals surface area (Å²) in [5.74, 6) is -0.522. The average Bonchev–Trinajstić information content (AvgIpc) is 3.06. The number of carbonyl (C=O) groups is 2. The number of benzene rings is 4. The van der Waals surface area contributed by atoms with E-state index >= 15 is 0 Å². The second-order valence-electron chi connectivity index (χ2n) is 10.9. The van der Waals surface area contributed by atoms with E-state index in [0.717, 1.165) is 19.9 Å². The van der Waals surface area contributed by atoms with Gasteiger partial charge in [0.1, 0.15) is 18.3 Å². The smallest absolute Gasteiger partial charge is 0.264 e. The maximum Gasteiger partial charge on any atom is 0.264 e. The molecule has 0 saturated heterocycles. The van der Waals surface area contributed by atoms with Crippen molar-refractivity contribution >= 4 is 43.5 Å². The summed E-state index contributed by atoms with van der Waals surface area (Å²) in [5.41, 5.74) is 1.88. The van der Waals surface area contributed by atoms with Crippen LogP contribution in [0.1, 0.15) is 38.3 Å². The third-order valence-electron chi connectivity index (χ3n) is 7.56. The molecule has 0 heterocycles. The Bertz CT molecular complexity index is 1700. The van der Waals surface area contributed by atoms with Gasteiger partial charge < -0.3 is 15.0 Å². The summed E-state index contributed by atoms with van der Waals surface area (Å²) >= 11 is 3.51. The van der Waals surface area contributed by atoms with Gasteiger partial charge in [0.25, 0.3) is 10.0 Å². The van der Waals surface area contributed by atoms with Gasteiger partial charge >= 0.3 is 0 Å². The first-order valence-corrected chi connectivity index (χ1v) is 17.5. The van der Waals surface area contributed by atoms with Gasteiger partial charge in [-0.1, -0.05) is 95.7 Å². The highest BCUT2D eigenvalue weighted by Gasteiger charge is 2.35. The third-order valence-corrected chi connectivity index (χ3v) is 9.83. The van der Waals surface area contributed by atoms with Gasteiger partial charge in [0.05, 0.1) is 17.2 Å². The summed E-state index contributed by atoms with van der Waals surface area (Å²) < 4.78 is 36.2. The van der Waals surface area contributed by atoms with Crippen LogP contribution in [0.25, 0.3) is 0 Å². The standard InChI is InChI=1S/C36H40BrN3O5S/c1-4-27(3)38-36(42)33(24-28-15-8-6-9-16-28)39(25-29-17-14-18-30(37)23-29)35(41)26-40(32-21-12-13-22-34(32)45-5-2)46(43,44)31-19-10-7-11-20-31/h6-23,27,33H,4-5,24-26H2,1-3H3,(H,38,42). The van der Waals surface area contributed by atoms with Crippen LogP contribution in [-0.2, 0) is 32.6 Å². The first kappa shape index (κ1) is 34.7. The fourth-order valence-corrected chi connectivity index (χ4v) is 6.89. The van der Waals surface area contributed by atoms with Crippen LogP contribution < -0.4 is 14.4 Å². The monoisotopic (exact) mass is 705 g/mol. The number of para-hydroxylation sites is 2. The van der Waals surface area contributed by atoms with Gasteiger partial charge in [-0.05, 0) is 67.8 Å². The van der Waals surface area contributed by atoms with E-state index in [9.17, 15) is 18.0 Å². The molecule has 0 aliphatic rings. The van der Waals surface area contributed by atoms with E-state index in [4.69, 9.17) is 4.74 Å². The lowest BCUT2D eigenvalue weighted by Gasteiger charge is -2.34. The number of rotatable bonds is 15. The van der Waals surface area contributed by atoms with Gasteiger partial charge in [-0.3, -0.25) is 13.9 Å². The molecule has 242 valence electrons. The van der Waals surface area contributed by atoms with Crippen molar-refractivity contribution in [3.63, 3.8) is 0 Å². The second-order valence-corrected chi connectivity index (χ2v) is 13.7. The molecule has 0 radical (unpaired) electrons. The highest BCUT2D eigenvalue weighted by atomic mass is 79.9. The largest absolute Gasteiger partial charge is 0.492 e. The Morgan fingerprint density at radius 2 is 1.48 bits per heavy atom. The molecule has 8 nitrogen and oxygen atoms in total. The molecule has 2 unspecified atom stereocenters. The maximum absolute atomic E-state index is 14.6. The summed E-state index contributed by atoms with van der Waals surface area (Å²) in [5, 5.41) is 3.06. The van der Waals surface area contributed by atoms with Crippen molar-refractivity contribution in [1.29, 1.82) is 0 Å². The molecule has 46 heavy (non-hydrogen) atoms. The third kappa shape index (κ3) is 8.98. The summed E-state index contributed by atoms with van der Waals surface area (Å²) in [6, 6.07) is 30.7. The van der Waals surface area contributed by atoms with Crippen LogP contribution in [0.2, 0.25) is 0 Å². The highest BCUT2D eigenvalue weighted by Crippen LogP contribution is 2.33. The van der Waals surface area contributed by atoms with Crippen LogP contribution in [0.5, 0.6) is 5.75 Å². The Morgan fingerprint density at radius 3 is 2.13 bits per heavy atom. The molecule has 0 saturated carbocycles. The zero-order chi connectivity index (χ0) is 33.1. The summed E-state index contributed by atoms with van der Waals surface area (Å²) in [7, 11) is -4.23. The van der Waals surface area contributed by atoms with Crippen molar-refractivity contribution in [2.75, 3.05) is 17.5 Å². The molecule has 2 atom stereocenters. The number of sulfonamides is 1. The molecule has 10 heteroatoms. The molecule has 0 aliphatic heterocycles. The Balaban J connectivity index is 1.84. The molecule has 0 spiro atoms. The minimum atomic E-state index is -4.23. The van der Waals surface area contributed by atoms with Crippen molar-refractivity contribution < 1.29 is 22.7 Å². The SMILES string of the molecule is CCOc1ccccc1N(CC(=O)N(Cc1cccc(Br)c1)C(Cc1ccccc1)C(=O)NC(C)CC)S(=O)(=O)c1ccccc1. The van der Waals surface area contributed by atoms with Crippen LogP contribution in [0.15, 0.2) is 119 Å². The van der Waals surface area contributed by atoms with E-state index in [1.165, 1.54) is 17.0 Å². The highest BCUT2D eigenvalue weighted by molar-refractivity contribution is 9.10.